The molecule has 0 N–H and O–H groups in total. The van der Waals surface area contributed by atoms with Gasteiger partial charge in [0.15, 0.2) is 0 Å². The van der Waals surface area contributed by atoms with E-state index in [9.17, 15) is 0 Å². The molecule has 1 aliphatic carbocycles. The molecule has 0 unspecified atom stereocenters. The van der Waals surface area contributed by atoms with Gasteiger partial charge in [0.25, 0.3) is 0 Å². The second-order valence-electron chi connectivity index (χ2n) is 4.61. The van der Waals surface area contributed by atoms with Gasteiger partial charge < -0.3 is 0 Å². The van der Waals surface area contributed by atoms with Crippen molar-refractivity contribution in [3.63, 3.8) is 0 Å². The molecule has 1 saturated carbocycles. The van der Waals surface area contributed by atoms with Crippen molar-refractivity contribution in [2.75, 3.05) is 0 Å². The molecule has 1 fully saturated rings. The van der Waals surface area contributed by atoms with Crippen LogP contribution in [-0.2, 0) is 0 Å². The fourth-order valence-electron chi connectivity index (χ4n) is 2.48. The normalized spacial score (nSPS) is 26.8. The lowest BCUT2D eigenvalue weighted by atomic mass is 9.92. The molecule has 0 spiro atoms. The minimum absolute atomic E-state index is 0.864. The van der Waals surface area contributed by atoms with Gasteiger partial charge in [-0.25, -0.2) is 5.09 Å². The molecule has 2 aliphatic rings. The Bertz CT molecular complexity index is 238. The molecule has 0 atom stereocenters. The molecule has 1 heterocycles. The highest BCUT2D eigenvalue weighted by Crippen LogP contribution is 2.40. The van der Waals surface area contributed by atoms with E-state index in [2.05, 4.69) is 11.3 Å². The SMILES string of the molecule is C1=C(C2CCCCCCCCC2)P=P[N]1. The van der Waals surface area contributed by atoms with Crippen LogP contribution < -0.4 is 5.09 Å². The van der Waals surface area contributed by atoms with Gasteiger partial charge in [0, 0.05) is 11.5 Å². The maximum atomic E-state index is 4.33. The molecule has 0 aromatic rings. The highest BCUT2D eigenvalue weighted by Gasteiger charge is 2.15. The van der Waals surface area contributed by atoms with E-state index in [4.69, 9.17) is 0 Å². The van der Waals surface area contributed by atoms with Crippen LogP contribution in [-0.4, -0.2) is 0 Å². The van der Waals surface area contributed by atoms with Crippen molar-refractivity contribution < 1.29 is 0 Å². The van der Waals surface area contributed by atoms with Crippen LogP contribution >= 0.6 is 15.9 Å². The van der Waals surface area contributed by atoms with Crippen molar-refractivity contribution in [3.05, 3.63) is 11.5 Å². The Labute approximate surface area is 96.6 Å². The monoisotopic (exact) mass is 240 g/mol. The zero-order chi connectivity index (χ0) is 10.3. The second kappa shape index (κ2) is 6.66. The van der Waals surface area contributed by atoms with Crippen molar-refractivity contribution in [2.24, 2.45) is 5.92 Å². The molecule has 0 amide bonds. The van der Waals surface area contributed by atoms with Crippen molar-refractivity contribution in [1.29, 1.82) is 0 Å². The number of rotatable bonds is 1. The first-order chi connectivity index (χ1) is 7.47. The van der Waals surface area contributed by atoms with Crippen molar-refractivity contribution in [3.8, 4) is 0 Å². The van der Waals surface area contributed by atoms with Crippen LogP contribution in [0.15, 0.2) is 11.5 Å². The average molecular weight is 240 g/mol. The van der Waals surface area contributed by atoms with Gasteiger partial charge in [-0.15, -0.1) is 0 Å². The van der Waals surface area contributed by atoms with Gasteiger partial charge in [-0.05, 0) is 26.6 Å². The van der Waals surface area contributed by atoms with E-state index in [1.165, 1.54) is 73.7 Å². The summed E-state index contributed by atoms with van der Waals surface area (Å²) in [5, 5.41) is 5.96. The molecule has 0 aromatic carbocycles. The molecule has 0 saturated heterocycles. The molecular formula is C12H20NP2. The maximum Gasteiger partial charge on any atom is 0.0696 e. The van der Waals surface area contributed by atoms with Gasteiger partial charge in [-0.2, -0.15) is 0 Å². The summed E-state index contributed by atoms with van der Waals surface area (Å²) >= 11 is 0. The van der Waals surface area contributed by atoms with Gasteiger partial charge in [0.05, 0.1) is 8.02 Å². The number of nitrogens with zero attached hydrogens (tertiary/aromatic N) is 1. The zero-order valence-corrected chi connectivity index (χ0v) is 11.1. The third-order valence-corrected chi connectivity index (χ3v) is 5.72. The highest BCUT2D eigenvalue weighted by atomic mass is 31.7. The van der Waals surface area contributed by atoms with Crippen LogP contribution in [0.25, 0.3) is 0 Å². The fourth-order valence-corrected chi connectivity index (χ4v) is 4.70. The summed E-state index contributed by atoms with van der Waals surface area (Å²) in [7, 11) is 2.72. The smallest absolute Gasteiger partial charge is 0.0696 e. The predicted molar refractivity (Wildman–Crippen MR) is 69.1 cm³/mol. The molecule has 2 rings (SSSR count). The summed E-state index contributed by atoms with van der Waals surface area (Å²) in [5.41, 5.74) is 0. The van der Waals surface area contributed by atoms with E-state index in [0.29, 0.717) is 0 Å². The molecule has 0 aromatic heterocycles. The van der Waals surface area contributed by atoms with Crippen LogP contribution in [0.4, 0.5) is 0 Å². The van der Waals surface area contributed by atoms with Gasteiger partial charge in [-0.1, -0.05) is 44.9 Å². The fraction of sp³-hybridized carbons (Fsp3) is 0.833. The summed E-state index contributed by atoms with van der Waals surface area (Å²) in [5.74, 6) is 0.864. The molecule has 1 radical (unpaired) electrons. The van der Waals surface area contributed by atoms with Gasteiger partial charge in [0.1, 0.15) is 0 Å². The van der Waals surface area contributed by atoms with Gasteiger partial charge in [-0.3, -0.25) is 0 Å². The third-order valence-electron chi connectivity index (χ3n) is 3.43. The van der Waals surface area contributed by atoms with E-state index < -0.39 is 0 Å². The van der Waals surface area contributed by atoms with Gasteiger partial charge >= 0.3 is 0 Å². The number of hydrogen-bond acceptors (Lipinski definition) is 0. The molecule has 15 heavy (non-hydrogen) atoms. The van der Waals surface area contributed by atoms with E-state index in [0.717, 1.165) is 5.92 Å². The summed E-state index contributed by atoms with van der Waals surface area (Å²) in [6.07, 6.45) is 15.2. The Kier molecular flexibility index (Phi) is 5.16. The summed E-state index contributed by atoms with van der Waals surface area (Å²) in [6.45, 7) is 0. The molecule has 1 aliphatic heterocycles. The zero-order valence-electron chi connectivity index (χ0n) is 9.36. The summed E-state index contributed by atoms with van der Waals surface area (Å²) in [6, 6.07) is 0. The van der Waals surface area contributed by atoms with E-state index in [1.54, 1.807) is 5.31 Å². The van der Waals surface area contributed by atoms with E-state index >= 15 is 0 Å². The van der Waals surface area contributed by atoms with Crippen LogP contribution in [0.2, 0.25) is 0 Å². The van der Waals surface area contributed by atoms with E-state index in [-0.39, 0.29) is 0 Å². The Morgan fingerprint density at radius 3 is 2.07 bits per heavy atom. The number of hydrogen-bond donors (Lipinski definition) is 0. The first kappa shape index (κ1) is 11.6. The first-order valence-electron chi connectivity index (χ1n) is 6.28. The Morgan fingerprint density at radius 1 is 0.933 bits per heavy atom. The third kappa shape index (κ3) is 3.89. The van der Waals surface area contributed by atoms with Crippen LogP contribution in [0.3, 0.4) is 0 Å². The summed E-state index contributed by atoms with van der Waals surface area (Å²) < 4.78 is 0. The quantitative estimate of drug-likeness (QED) is 0.551. The molecular weight excluding hydrogens is 220 g/mol. The van der Waals surface area contributed by atoms with Crippen LogP contribution in [0.1, 0.15) is 57.8 Å². The van der Waals surface area contributed by atoms with Crippen molar-refractivity contribution in [2.45, 2.75) is 57.8 Å². The lowest BCUT2D eigenvalue weighted by Crippen LogP contribution is -2.02. The van der Waals surface area contributed by atoms with E-state index in [1.807, 2.05) is 0 Å². The minimum Gasteiger partial charge on any atom is -0.230 e. The first-order valence-corrected chi connectivity index (χ1v) is 8.72. The van der Waals surface area contributed by atoms with Crippen LogP contribution in [0.5, 0.6) is 0 Å². The molecule has 0 bridgehead atoms. The topological polar surface area (TPSA) is 14.1 Å². The van der Waals surface area contributed by atoms with Gasteiger partial charge in [0.2, 0.25) is 0 Å². The lowest BCUT2D eigenvalue weighted by molar-refractivity contribution is 0.439. The lowest BCUT2D eigenvalue weighted by Gasteiger charge is -2.17. The Balaban J connectivity index is 1.86. The highest BCUT2D eigenvalue weighted by molar-refractivity contribution is 7.85. The summed E-state index contributed by atoms with van der Waals surface area (Å²) in [4.78, 5) is 0. The maximum absolute atomic E-state index is 4.33. The van der Waals surface area contributed by atoms with Crippen molar-refractivity contribution >= 4 is 15.9 Å². The predicted octanol–water partition coefficient (Wildman–Crippen LogP) is 5.31. The number of allylic oxidation sites excluding steroid dienone is 1. The molecule has 1 nitrogen and oxygen atoms in total. The Morgan fingerprint density at radius 2 is 1.53 bits per heavy atom. The largest absolute Gasteiger partial charge is 0.230 e. The molecule has 83 valence electrons. The minimum atomic E-state index is 0.864. The van der Waals surface area contributed by atoms with Crippen molar-refractivity contribution in [1.82, 2.24) is 5.09 Å². The average Bonchev–Trinajstić information content (AvgIpc) is 2.79. The standard InChI is InChI=1S/C12H20NP2/c1-2-4-6-8-11(9-7-5-3-1)12-10-13-15-14-12/h10-11H,1-9H2. The van der Waals surface area contributed by atoms with Crippen LogP contribution in [0, 0.1) is 5.92 Å². The molecule has 3 heteroatoms. The Hall–Kier alpha value is 0.140. The second-order valence-corrected chi connectivity index (χ2v) is 6.87.